The van der Waals surface area contributed by atoms with Crippen LogP contribution in [0.2, 0.25) is 5.02 Å². The van der Waals surface area contributed by atoms with Gasteiger partial charge >= 0.3 is 0 Å². The molecule has 8 nitrogen and oxygen atoms in total. The Hall–Kier alpha value is -2.62. The van der Waals surface area contributed by atoms with Crippen molar-refractivity contribution in [2.45, 2.75) is 17.9 Å². The number of benzene rings is 2. The lowest BCUT2D eigenvalue weighted by Crippen LogP contribution is -2.40. The summed E-state index contributed by atoms with van der Waals surface area (Å²) in [6, 6.07) is 9.74. The third-order valence-corrected chi connectivity index (χ3v) is 6.94. The van der Waals surface area contributed by atoms with Gasteiger partial charge in [-0.1, -0.05) is 23.7 Å². The second-order valence-corrected chi connectivity index (χ2v) is 10.3. The molecule has 2 heterocycles. The van der Waals surface area contributed by atoms with Crippen molar-refractivity contribution in [2.24, 2.45) is 7.05 Å². The Balaban J connectivity index is 1.84. The zero-order valence-corrected chi connectivity index (χ0v) is 19.7. The van der Waals surface area contributed by atoms with Crippen LogP contribution in [0.3, 0.4) is 0 Å². The average molecular weight is 477 g/mol. The minimum absolute atomic E-state index is 0.191. The predicted molar refractivity (Wildman–Crippen MR) is 127 cm³/mol. The number of aromatic nitrogens is 2. The standard InChI is InChI=1S/C22H25ClN4O4S/c1-14(24-18-6-4-5-7-19(18)32(3,29)30)16-12-15(23)13-17-20(16)25-22(26(2)21(17)28)27-8-10-31-11-9-27/h4-7,12-14,24H,8-11H2,1-3H3/t14-/m0/s1. The number of sulfone groups is 1. The van der Waals surface area contributed by atoms with Crippen LogP contribution in [0.1, 0.15) is 18.5 Å². The minimum atomic E-state index is -3.42. The summed E-state index contributed by atoms with van der Waals surface area (Å²) >= 11 is 6.36. The maximum Gasteiger partial charge on any atom is 0.262 e. The molecule has 10 heteroatoms. The number of nitrogens with zero attached hydrogens (tertiary/aromatic N) is 3. The van der Waals surface area contributed by atoms with Crippen LogP contribution in [0, 0.1) is 0 Å². The predicted octanol–water partition coefficient (Wildman–Crippen LogP) is 3.00. The number of para-hydroxylation sites is 1. The highest BCUT2D eigenvalue weighted by atomic mass is 35.5. The molecule has 3 aromatic rings. The summed E-state index contributed by atoms with van der Waals surface area (Å²) in [5.74, 6) is 0.568. The molecule has 0 unspecified atom stereocenters. The maximum absolute atomic E-state index is 13.2. The molecule has 0 saturated carbocycles. The van der Waals surface area contributed by atoms with E-state index in [1.807, 2.05) is 11.8 Å². The first-order valence-corrected chi connectivity index (χ1v) is 12.5. The zero-order valence-electron chi connectivity index (χ0n) is 18.1. The van der Waals surface area contributed by atoms with Crippen LogP contribution in [0.5, 0.6) is 0 Å². The Morgan fingerprint density at radius 3 is 2.56 bits per heavy atom. The van der Waals surface area contributed by atoms with Crippen molar-refractivity contribution in [3.8, 4) is 0 Å². The number of morpholine rings is 1. The minimum Gasteiger partial charge on any atom is -0.378 e. The van der Waals surface area contributed by atoms with Crippen molar-refractivity contribution in [1.29, 1.82) is 0 Å². The third kappa shape index (κ3) is 4.32. The lowest BCUT2D eigenvalue weighted by atomic mass is 10.0. The number of nitrogens with one attached hydrogen (secondary N) is 1. The van der Waals surface area contributed by atoms with E-state index >= 15 is 0 Å². The van der Waals surface area contributed by atoms with Crippen LogP contribution in [0.25, 0.3) is 10.9 Å². The van der Waals surface area contributed by atoms with Gasteiger partial charge in [0.25, 0.3) is 5.56 Å². The maximum atomic E-state index is 13.2. The fourth-order valence-corrected chi connectivity index (χ4v) is 5.03. The molecule has 0 bridgehead atoms. The number of hydrogen-bond donors (Lipinski definition) is 1. The monoisotopic (exact) mass is 476 g/mol. The molecule has 1 saturated heterocycles. The molecule has 170 valence electrons. The van der Waals surface area contributed by atoms with Crippen LogP contribution < -0.4 is 15.8 Å². The van der Waals surface area contributed by atoms with Gasteiger partial charge in [0.15, 0.2) is 9.84 Å². The van der Waals surface area contributed by atoms with Crippen LogP contribution in [0.4, 0.5) is 11.6 Å². The molecule has 1 aliphatic rings. The average Bonchev–Trinajstić information content (AvgIpc) is 2.76. The third-order valence-electron chi connectivity index (χ3n) is 5.57. The molecule has 1 atom stereocenters. The number of fused-ring (bicyclic) bond motifs is 1. The highest BCUT2D eigenvalue weighted by Crippen LogP contribution is 2.31. The summed E-state index contributed by atoms with van der Waals surface area (Å²) < 4.78 is 31.4. The number of anilines is 2. The Bertz CT molecular complexity index is 1330. The number of rotatable bonds is 5. The quantitative estimate of drug-likeness (QED) is 0.605. The Kier molecular flexibility index (Phi) is 6.15. The van der Waals surface area contributed by atoms with Crippen molar-refractivity contribution >= 4 is 44.0 Å². The molecule has 0 aliphatic carbocycles. The van der Waals surface area contributed by atoms with Gasteiger partial charge in [-0.05, 0) is 31.2 Å². The topological polar surface area (TPSA) is 93.5 Å². The van der Waals surface area contributed by atoms with Gasteiger partial charge in [0, 0.05) is 37.0 Å². The summed E-state index contributed by atoms with van der Waals surface area (Å²) in [5.41, 5.74) is 1.54. The summed E-state index contributed by atoms with van der Waals surface area (Å²) in [4.78, 5) is 20.3. The van der Waals surface area contributed by atoms with E-state index in [-0.39, 0.29) is 16.5 Å². The largest absolute Gasteiger partial charge is 0.378 e. The van der Waals surface area contributed by atoms with E-state index in [0.717, 1.165) is 0 Å². The SMILES string of the molecule is C[C@H](Nc1ccccc1S(C)(=O)=O)c1cc(Cl)cc2c(=O)n(C)c(N3CCOCC3)nc12. The van der Waals surface area contributed by atoms with Crippen LogP contribution in [-0.4, -0.2) is 50.5 Å². The first-order valence-electron chi connectivity index (χ1n) is 10.3. The zero-order chi connectivity index (χ0) is 23.0. The van der Waals surface area contributed by atoms with Gasteiger partial charge in [-0.15, -0.1) is 0 Å². The normalized spacial score (nSPS) is 15.7. The number of hydrogen-bond acceptors (Lipinski definition) is 7. The summed E-state index contributed by atoms with van der Waals surface area (Å²) in [5, 5.41) is 4.09. The van der Waals surface area contributed by atoms with Crippen molar-refractivity contribution in [3.05, 3.63) is 57.3 Å². The van der Waals surface area contributed by atoms with Gasteiger partial charge in [-0.2, -0.15) is 0 Å². The number of ether oxygens (including phenoxy) is 1. The second-order valence-electron chi connectivity index (χ2n) is 7.90. The molecular weight excluding hydrogens is 452 g/mol. The van der Waals surface area contributed by atoms with E-state index in [0.29, 0.717) is 59.4 Å². The Labute approximate surface area is 191 Å². The smallest absolute Gasteiger partial charge is 0.262 e. The fourth-order valence-electron chi connectivity index (χ4n) is 3.95. The van der Waals surface area contributed by atoms with Gasteiger partial charge < -0.3 is 15.0 Å². The van der Waals surface area contributed by atoms with Crippen LogP contribution in [-0.2, 0) is 21.6 Å². The first kappa shape index (κ1) is 22.6. The first-order chi connectivity index (χ1) is 15.2. The van der Waals surface area contributed by atoms with Gasteiger partial charge in [0.05, 0.1) is 40.7 Å². The molecule has 0 radical (unpaired) electrons. The van der Waals surface area contributed by atoms with Crippen molar-refractivity contribution in [2.75, 3.05) is 42.8 Å². The van der Waals surface area contributed by atoms with Crippen molar-refractivity contribution in [3.63, 3.8) is 0 Å². The van der Waals surface area contributed by atoms with E-state index in [1.165, 1.54) is 10.8 Å². The summed E-state index contributed by atoms with van der Waals surface area (Å²) in [6.45, 7) is 4.31. The molecule has 0 spiro atoms. The Morgan fingerprint density at radius 1 is 1.19 bits per heavy atom. The highest BCUT2D eigenvalue weighted by Gasteiger charge is 2.22. The van der Waals surface area contributed by atoms with Gasteiger partial charge in [0.1, 0.15) is 0 Å². The molecule has 1 aliphatic heterocycles. The van der Waals surface area contributed by atoms with E-state index < -0.39 is 9.84 Å². The number of halogens is 1. The molecule has 0 amide bonds. The van der Waals surface area contributed by atoms with Crippen molar-refractivity contribution < 1.29 is 13.2 Å². The molecular formula is C22H25ClN4O4S. The van der Waals surface area contributed by atoms with Crippen molar-refractivity contribution in [1.82, 2.24) is 9.55 Å². The van der Waals surface area contributed by atoms with Crippen LogP contribution >= 0.6 is 11.6 Å². The molecule has 1 N–H and O–H groups in total. The van der Waals surface area contributed by atoms with E-state index in [4.69, 9.17) is 21.3 Å². The molecule has 1 fully saturated rings. The Morgan fingerprint density at radius 2 is 1.88 bits per heavy atom. The lowest BCUT2D eigenvalue weighted by molar-refractivity contribution is 0.121. The summed E-state index contributed by atoms with van der Waals surface area (Å²) in [7, 11) is -1.72. The van der Waals surface area contributed by atoms with Crippen LogP contribution in [0.15, 0.2) is 46.1 Å². The highest BCUT2D eigenvalue weighted by molar-refractivity contribution is 7.90. The molecule has 32 heavy (non-hydrogen) atoms. The molecule has 2 aromatic carbocycles. The van der Waals surface area contributed by atoms with E-state index in [9.17, 15) is 13.2 Å². The van der Waals surface area contributed by atoms with Gasteiger partial charge in [0.2, 0.25) is 5.95 Å². The second kappa shape index (κ2) is 8.73. The van der Waals surface area contributed by atoms with Gasteiger partial charge in [-0.3, -0.25) is 9.36 Å². The molecule has 4 rings (SSSR count). The van der Waals surface area contributed by atoms with E-state index in [1.54, 1.807) is 43.4 Å². The van der Waals surface area contributed by atoms with E-state index in [2.05, 4.69) is 5.32 Å². The lowest BCUT2D eigenvalue weighted by Gasteiger charge is -2.29. The summed E-state index contributed by atoms with van der Waals surface area (Å²) in [6.07, 6.45) is 1.17. The fraction of sp³-hybridized carbons (Fsp3) is 0.364. The molecule has 1 aromatic heterocycles. The van der Waals surface area contributed by atoms with Gasteiger partial charge in [-0.25, -0.2) is 13.4 Å².